The summed E-state index contributed by atoms with van der Waals surface area (Å²) in [6, 6.07) is 16.1. The van der Waals surface area contributed by atoms with Gasteiger partial charge in [-0.05, 0) is 43.1 Å². The summed E-state index contributed by atoms with van der Waals surface area (Å²) < 4.78 is 5.20. The highest BCUT2D eigenvalue weighted by atomic mass is 16.5. The van der Waals surface area contributed by atoms with Crippen molar-refractivity contribution in [2.45, 2.75) is 19.9 Å². The van der Waals surface area contributed by atoms with E-state index >= 15 is 0 Å². The molecular weight excluding hydrogens is 288 g/mol. The van der Waals surface area contributed by atoms with Gasteiger partial charge in [-0.25, -0.2) is 0 Å². The van der Waals surface area contributed by atoms with E-state index in [4.69, 9.17) is 4.74 Å². The number of hydrogen-bond acceptors (Lipinski definition) is 3. The minimum Gasteiger partial charge on any atom is -0.497 e. The molecule has 122 valence electrons. The first-order valence-electron chi connectivity index (χ1n) is 7.83. The fourth-order valence-electron chi connectivity index (χ4n) is 2.35. The zero-order chi connectivity index (χ0) is 16.5. The molecule has 0 aliphatic rings. The zero-order valence-electron chi connectivity index (χ0n) is 13.8. The van der Waals surface area contributed by atoms with Crippen LogP contribution in [0.1, 0.15) is 16.7 Å². The van der Waals surface area contributed by atoms with Gasteiger partial charge in [0, 0.05) is 6.54 Å². The van der Waals surface area contributed by atoms with Gasteiger partial charge in [0.2, 0.25) is 5.91 Å². The summed E-state index contributed by atoms with van der Waals surface area (Å²) in [6.07, 6.45) is 0.863. The molecule has 2 aromatic carbocycles. The Labute approximate surface area is 137 Å². The van der Waals surface area contributed by atoms with Crippen molar-refractivity contribution in [2.75, 3.05) is 20.2 Å². The largest absolute Gasteiger partial charge is 0.497 e. The molecule has 4 nitrogen and oxygen atoms in total. The molecular formula is C19H24N2O2. The lowest BCUT2D eigenvalue weighted by atomic mass is 10.1. The molecule has 0 fully saturated rings. The summed E-state index contributed by atoms with van der Waals surface area (Å²) in [5.41, 5.74) is 3.51. The second-order valence-corrected chi connectivity index (χ2v) is 5.54. The molecule has 0 aliphatic heterocycles. The Bertz CT molecular complexity index is 641. The first-order chi connectivity index (χ1) is 11.2. The van der Waals surface area contributed by atoms with E-state index < -0.39 is 0 Å². The molecule has 23 heavy (non-hydrogen) atoms. The number of benzene rings is 2. The van der Waals surface area contributed by atoms with E-state index in [1.165, 1.54) is 11.1 Å². The quantitative estimate of drug-likeness (QED) is 0.736. The fourth-order valence-corrected chi connectivity index (χ4v) is 2.35. The van der Waals surface area contributed by atoms with Gasteiger partial charge in [0.25, 0.3) is 0 Å². The number of carbonyl (C=O) groups excluding carboxylic acids is 1. The van der Waals surface area contributed by atoms with Crippen molar-refractivity contribution >= 4 is 5.91 Å². The molecule has 0 bridgehead atoms. The van der Waals surface area contributed by atoms with Gasteiger partial charge >= 0.3 is 0 Å². The van der Waals surface area contributed by atoms with Crippen LogP contribution in [0, 0.1) is 6.92 Å². The van der Waals surface area contributed by atoms with Crippen molar-refractivity contribution in [1.29, 1.82) is 0 Å². The van der Waals surface area contributed by atoms with Crippen LogP contribution in [0.5, 0.6) is 5.75 Å². The predicted octanol–water partition coefficient (Wildman–Crippen LogP) is 2.45. The van der Waals surface area contributed by atoms with Gasteiger partial charge in [-0.2, -0.15) is 0 Å². The number of carbonyl (C=O) groups is 1. The normalized spacial score (nSPS) is 10.3. The van der Waals surface area contributed by atoms with Crippen LogP contribution in [0.3, 0.4) is 0 Å². The van der Waals surface area contributed by atoms with Crippen molar-refractivity contribution < 1.29 is 9.53 Å². The Morgan fingerprint density at radius 2 is 1.87 bits per heavy atom. The highest BCUT2D eigenvalue weighted by Crippen LogP contribution is 2.12. The standard InChI is InChI=1S/C19H24N2O2/c1-15-5-3-7-17(11-15)13-21-19(22)14-20-10-9-16-6-4-8-18(12-16)23-2/h3-8,11-12,20H,9-10,13-14H2,1-2H3,(H,21,22). The molecule has 0 spiro atoms. The van der Waals surface area contributed by atoms with Crippen molar-refractivity contribution in [3.8, 4) is 5.75 Å². The molecule has 0 saturated heterocycles. The summed E-state index contributed by atoms with van der Waals surface area (Å²) in [5, 5.41) is 6.09. The molecule has 2 N–H and O–H groups in total. The van der Waals surface area contributed by atoms with Crippen LogP contribution >= 0.6 is 0 Å². The Kier molecular flexibility index (Phi) is 6.63. The SMILES string of the molecule is COc1cccc(CCNCC(=O)NCc2cccc(C)c2)c1. The van der Waals surface area contributed by atoms with Crippen LogP contribution < -0.4 is 15.4 Å². The number of rotatable bonds is 8. The van der Waals surface area contributed by atoms with E-state index in [0.29, 0.717) is 13.1 Å². The van der Waals surface area contributed by atoms with Crippen molar-refractivity contribution in [3.05, 3.63) is 65.2 Å². The Morgan fingerprint density at radius 3 is 2.65 bits per heavy atom. The van der Waals surface area contributed by atoms with Gasteiger partial charge in [0.1, 0.15) is 5.75 Å². The average Bonchev–Trinajstić information content (AvgIpc) is 2.57. The second-order valence-electron chi connectivity index (χ2n) is 5.54. The lowest BCUT2D eigenvalue weighted by molar-refractivity contribution is -0.120. The first kappa shape index (κ1) is 17.0. The number of ether oxygens (including phenoxy) is 1. The maximum absolute atomic E-state index is 11.8. The minimum absolute atomic E-state index is 0.0112. The van der Waals surface area contributed by atoms with Gasteiger partial charge in [-0.15, -0.1) is 0 Å². The first-order valence-corrected chi connectivity index (χ1v) is 7.83. The Hall–Kier alpha value is -2.33. The van der Waals surface area contributed by atoms with Crippen molar-refractivity contribution in [3.63, 3.8) is 0 Å². The van der Waals surface area contributed by atoms with Crippen LogP contribution in [-0.4, -0.2) is 26.1 Å². The molecule has 0 unspecified atom stereocenters. The maximum atomic E-state index is 11.8. The zero-order valence-corrected chi connectivity index (χ0v) is 13.8. The third kappa shape index (κ3) is 6.12. The Morgan fingerprint density at radius 1 is 1.09 bits per heavy atom. The number of aryl methyl sites for hydroxylation is 1. The van der Waals surface area contributed by atoms with E-state index in [1.807, 2.05) is 43.3 Å². The summed E-state index contributed by atoms with van der Waals surface area (Å²) >= 11 is 0. The Balaban J connectivity index is 1.64. The lowest BCUT2D eigenvalue weighted by Crippen LogP contribution is -2.34. The van der Waals surface area contributed by atoms with Crippen molar-refractivity contribution in [2.24, 2.45) is 0 Å². The molecule has 0 aliphatic carbocycles. The highest BCUT2D eigenvalue weighted by molar-refractivity contribution is 5.77. The average molecular weight is 312 g/mol. The summed E-state index contributed by atoms with van der Waals surface area (Å²) in [5.74, 6) is 0.871. The second kappa shape index (κ2) is 8.96. The van der Waals surface area contributed by atoms with Gasteiger partial charge in [-0.1, -0.05) is 42.0 Å². The molecule has 1 amide bonds. The summed E-state index contributed by atoms with van der Waals surface area (Å²) in [4.78, 5) is 11.8. The summed E-state index contributed by atoms with van der Waals surface area (Å²) in [7, 11) is 1.66. The minimum atomic E-state index is 0.0112. The van der Waals surface area contributed by atoms with E-state index in [0.717, 1.165) is 24.3 Å². The molecule has 2 aromatic rings. The number of amides is 1. The third-order valence-corrected chi connectivity index (χ3v) is 3.58. The van der Waals surface area contributed by atoms with Gasteiger partial charge < -0.3 is 15.4 Å². The highest BCUT2D eigenvalue weighted by Gasteiger charge is 2.01. The number of methoxy groups -OCH3 is 1. The molecule has 0 radical (unpaired) electrons. The molecule has 0 saturated carbocycles. The molecule has 0 aromatic heterocycles. The van der Waals surface area contributed by atoms with Crippen LogP contribution in [-0.2, 0) is 17.8 Å². The van der Waals surface area contributed by atoms with E-state index in [2.05, 4.69) is 22.8 Å². The fraction of sp³-hybridized carbons (Fsp3) is 0.316. The maximum Gasteiger partial charge on any atom is 0.234 e. The smallest absolute Gasteiger partial charge is 0.234 e. The van der Waals surface area contributed by atoms with E-state index in [-0.39, 0.29) is 5.91 Å². The number of hydrogen-bond donors (Lipinski definition) is 2. The van der Waals surface area contributed by atoms with Gasteiger partial charge in [0.15, 0.2) is 0 Å². The van der Waals surface area contributed by atoms with E-state index in [1.54, 1.807) is 7.11 Å². The third-order valence-electron chi connectivity index (χ3n) is 3.58. The topological polar surface area (TPSA) is 50.4 Å². The monoisotopic (exact) mass is 312 g/mol. The predicted molar refractivity (Wildman–Crippen MR) is 92.6 cm³/mol. The van der Waals surface area contributed by atoms with Crippen LogP contribution in [0.2, 0.25) is 0 Å². The molecule has 2 rings (SSSR count). The van der Waals surface area contributed by atoms with Gasteiger partial charge in [-0.3, -0.25) is 4.79 Å². The van der Waals surface area contributed by atoms with Gasteiger partial charge in [0.05, 0.1) is 13.7 Å². The van der Waals surface area contributed by atoms with Crippen LogP contribution in [0.25, 0.3) is 0 Å². The summed E-state index contributed by atoms with van der Waals surface area (Å²) in [6.45, 7) is 3.70. The molecule has 0 atom stereocenters. The lowest BCUT2D eigenvalue weighted by Gasteiger charge is -2.08. The molecule has 0 heterocycles. The van der Waals surface area contributed by atoms with Crippen LogP contribution in [0.4, 0.5) is 0 Å². The van der Waals surface area contributed by atoms with Crippen molar-refractivity contribution in [1.82, 2.24) is 10.6 Å². The number of nitrogens with one attached hydrogen (secondary N) is 2. The molecule has 4 heteroatoms. The van der Waals surface area contributed by atoms with Crippen LogP contribution in [0.15, 0.2) is 48.5 Å². The van der Waals surface area contributed by atoms with E-state index in [9.17, 15) is 4.79 Å².